The van der Waals surface area contributed by atoms with E-state index < -0.39 is 6.04 Å². The summed E-state index contributed by atoms with van der Waals surface area (Å²) in [6, 6.07) is -0.365. The van der Waals surface area contributed by atoms with Gasteiger partial charge in [0.1, 0.15) is 5.01 Å². The Bertz CT molecular complexity index is 496. The summed E-state index contributed by atoms with van der Waals surface area (Å²) in [5.74, 6) is -0.145. The van der Waals surface area contributed by atoms with Crippen LogP contribution in [0.4, 0.5) is 0 Å². The molecule has 0 bridgehead atoms. The number of aryl methyl sites for hydroxylation is 1. The highest BCUT2D eigenvalue weighted by Crippen LogP contribution is 2.21. The number of carbonyl (C=O) groups excluding carboxylic acids is 2. The van der Waals surface area contributed by atoms with Crippen LogP contribution in [0.5, 0.6) is 0 Å². The monoisotopic (exact) mass is 295 g/mol. The number of thiazole rings is 1. The molecule has 0 radical (unpaired) electrons. The molecule has 1 aliphatic rings. The van der Waals surface area contributed by atoms with Crippen molar-refractivity contribution in [2.75, 3.05) is 0 Å². The number of aromatic nitrogens is 1. The standard InChI is InChI=1S/C14H21N3O2S/c1-4-10(5-2)17-13(18)6-11(14(17)19)15-8-12-16-7-9(3)20-12/h7,10-11,15H,4-6,8H2,1-3H3. The van der Waals surface area contributed by atoms with Gasteiger partial charge in [-0.05, 0) is 19.8 Å². The first kappa shape index (κ1) is 15.1. The van der Waals surface area contributed by atoms with Gasteiger partial charge in [-0.1, -0.05) is 13.8 Å². The molecular formula is C14H21N3O2S. The zero-order chi connectivity index (χ0) is 14.7. The van der Waals surface area contributed by atoms with E-state index in [0.29, 0.717) is 6.54 Å². The largest absolute Gasteiger partial charge is 0.299 e. The first-order valence-corrected chi connectivity index (χ1v) is 7.89. The molecule has 0 aliphatic carbocycles. The van der Waals surface area contributed by atoms with E-state index in [1.807, 2.05) is 27.0 Å². The summed E-state index contributed by atoms with van der Waals surface area (Å²) in [6.45, 7) is 6.56. The van der Waals surface area contributed by atoms with E-state index in [4.69, 9.17) is 0 Å². The molecule has 1 aromatic rings. The van der Waals surface area contributed by atoms with Gasteiger partial charge in [0.05, 0.1) is 12.5 Å². The van der Waals surface area contributed by atoms with Gasteiger partial charge in [-0.2, -0.15) is 0 Å². The van der Waals surface area contributed by atoms with Gasteiger partial charge in [-0.3, -0.25) is 19.8 Å². The minimum absolute atomic E-state index is 0.0314. The van der Waals surface area contributed by atoms with Crippen molar-refractivity contribution in [3.63, 3.8) is 0 Å². The van der Waals surface area contributed by atoms with Gasteiger partial charge < -0.3 is 0 Å². The number of hydrogen-bond donors (Lipinski definition) is 1. The first-order chi connectivity index (χ1) is 9.56. The summed E-state index contributed by atoms with van der Waals surface area (Å²) < 4.78 is 0. The Labute approximate surface area is 123 Å². The second kappa shape index (κ2) is 6.45. The Balaban J connectivity index is 1.97. The predicted octanol–water partition coefficient (Wildman–Crippen LogP) is 1.86. The summed E-state index contributed by atoms with van der Waals surface area (Å²) in [6.07, 6.45) is 3.71. The fourth-order valence-corrected chi connectivity index (χ4v) is 3.28. The van der Waals surface area contributed by atoms with Crippen LogP contribution in [-0.2, 0) is 16.1 Å². The molecule has 1 atom stereocenters. The molecule has 1 N–H and O–H groups in total. The average Bonchev–Trinajstić information content (AvgIpc) is 2.95. The molecule has 1 unspecified atom stereocenters. The van der Waals surface area contributed by atoms with Crippen LogP contribution in [0.1, 0.15) is 43.0 Å². The Hall–Kier alpha value is -1.27. The third-order valence-electron chi connectivity index (χ3n) is 3.66. The van der Waals surface area contributed by atoms with Crippen molar-refractivity contribution in [2.24, 2.45) is 0 Å². The molecule has 0 aromatic carbocycles. The Morgan fingerprint density at radius 2 is 2.15 bits per heavy atom. The van der Waals surface area contributed by atoms with Crippen molar-refractivity contribution in [1.82, 2.24) is 15.2 Å². The lowest BCUT2D eigenvalue weighted by atomic mass is 10.1. The van der Waals surface area contributed by atoms with E-state index in [1.54, 1.807) is 11.3 Å². The third kappa shape index (κ3) is 3.07. The maximum Gasteiger partial charge on any atom is 0.247 e. The molecule has 2 heterocycles. The van der Waals surface area contributed by atoms with Gasteiger partial charge in [0.2, 0.25) is 11.8 Å². The third-order valence-corrected chi connectivity index (χ3v) is 4.57. The summed E-state index contributed by atoms with van der Waals surface area (Å²) in [5, 5.41) is 4.11. The van der Waals surface area contributed by atoms with Gasteiger partial charge in [0, 0.05) is 23.7 Å². The molecule has 2 amide bonds. The quantitative estimate of drug-likeness (QED) is 0.814. The van der Waals surface area contributed by atoms with Crippen molar-refractivity contribution >= 4 is 23.2 Å². The maximum absolute atomic E-state index is 12.3. The van der Waals surface area contributed by atoms with Crippen LogP contribution in [0.2, 0.25) is 0 Å². The Kier molecular flexibility index (Phi) is 4.88. The highest BCUT2D eigenvalue weighted by molar-refractivity contribution is 7.11. The first-order valence-electron chi connectivity index (χ1n) is 7.07. The van der Waals surface area contributed by atoms with E-state index in [2.05, 4.69) is 10.3 Å². The number of carbonyl (C=O) groups is 2. The van der Waals surface area contributed by atoms with Crippen LogP contribution in [0.3, 0.4) is 0 Å². The van der Waals surface area contributed by atoms with Gasteiger partial charge in [-0.15, -0.1) is 11.3 Å². The van der Waals surface area contributed by atoms with E-state index in [0.717, 1.165) is 22.7 Å². The number of rotatable bonds is 6. The van der Waals surface area contributed by atoms with Gasteiger partial charge >= 0.3 is 0 Å². The van der Waals surface area contributed by atoms with Crippen LogP contribution in [0.25, 0.3) is 0 Å². The molecule has 1 saturated heterocycles. The van der Waals surface area contributed by atoms with Crippen molar-refractivity contribution in [3.05, 3.63) is 16.1 Å². The second-order valence-electron chi connectivity index (χ2n) is 5.07. The fourth-order valence-electron chi connectivity index (χ4n) is 2.54. The average molecular weight is 295 g/mol. The molecule has 20 heavy (non-hydrogen) atoms. The lowest BCUT2D eigenvalue weighted by molar-refractivity contribution is -0.141. The normalized spacial score (nSPS) is 19.4. The molecule has 1 aromatic heterocycles. The minimum Gasteiger partial charge on any atom is -0.299 e. The predicted molar refractivity (Wildman–Crippen MR) is 78.3 cm³/mol. The van der Waals surface area contributed by atoms with E-state index >= 15 is 0 Å². The topological polar surface area (TPSA) is 62.3 Å². The van der Waals surface area contributed by atoms with Crippen LogP contribution < -0.4 is 5.32 Å². The number of hydrogen-bond acceptors (Lipinski definition) is 5. The number of likely N-dealkylation sites (tertiary alicyclic amines) is 1. The summed E-state index contributed by atoms with van der Waals surface area (Å²) >= 11 is 1.61. The highest BCUT2D eigenvalue weighted by Gasteiger charge is 2.41. The van der Waals surface area contributed by atoms with Crippen LogP contribution in [-0.4, -0.2) is 33.8 Å². The fraction of sp³-hybridized carbons (Fsp3) is 0.643. The molecule has 110 valence electrons. The molecule has 1 aliphatic heterocycles. The molecule has 1 fully saturated rings. The molecule has 6 heteroatoms. The van der Waals surface area contributed by atoms with Crippen molar-refractivity contribution in [1.29, 1.82) is 0 Å². The van der Waals surface area contributed by atoms with Gasteiger partial charge in [0.15, 0.2) is 0 Å². The van der Waals surface area contributed by atoms with E-state index in [9.17, 15) is 9.59 Å². The van der Waals surface area contributed by atoms with E-state index in [1.165, 1.54) is 4.90 Å². The molecule has 0 saturated carbocycles. The summed E-state index contributed by atoms with van der Waals surface area (Å²) in [7, 11) is 0. The number of amides is 2. The van der Waals surface area contributed by atoms with Crippen molar-refractivity contribution in [2.45, 2.75) is 58.7 Å². The van der Waals surface area contributed by atoms with Crippen LogP contribution in [0.15, 0.2) is 6.20 Å². The Morgan fingerprint density at radius 3 is 2.70 bits per heavy atom. The van der Waals surface area contributed by atoms with E-state index in [-0.39, 0.29) is 24.3 Å². The number of imide groups is 1. The lowest BCUT2D eigenvalue weighted by Gasteiger charge is -2.24. The molecular weight excluding hydrogens is 274 g/mol. The van der Waals surface area contributed by atoms with Crippen molar-refractivity contribution in [3.8, 4) is 0 Å². The van der Waals surface area contributed by atoms with Crippen LogP contribution >= 0.6 is 11.3 Å². The SMILES string of the molecule is CCC(CC)N1C(=O)CC(NCc2ncc(C)s2)C1=O. The van der Waals surface area contributed by atoms with Gasteiger partial charge in [0.25, 0.3) is 0 Å². The minimum atomic E-state index is -0.396. The molecule has 5 nitrogen and oxygen atoms in total. The van der Waals surface area contributed by atoms with Gasteiger partial charge in [-0.25, -0.2) is 4.98 Å². The second-order valence-corrected chi connectivity index (χ2v) is 6.39. The zero-order valence-electron chi connectivity index (χ0n) is 12.2. The number of nitrogens with one attached hydrogen (secondary N) is 1. The molecule has 0 spiro atoms. The summed E-state index contributed by atoms with van der Waals surface area (Å²) in [4.78, 5) is 31.2. The maximum atomic E-state index is 12.3. The molecule has 2 rings (SSSR count). The Morgan fingerprint density at radius 1 is 1.45 bits per heavy atom. The lowest BCUT2D eigenvalue weighted by Crippen LogP contribution is -2.43. The zero-order valence-corrected chi connectivity index (χ0v) is 13.0. The summed E-state index contributed by atoms with van der Waals surface area (Å²) in [5.41, 5.74) is 0. The number of nitrogens with zero attached hydrogens (tertiary/aromatic N) is 2. The highest BCUT2D eigenvalue weighted by atomic mass is 32.1. The smallest absolute Gasteiger partial charge is 0.247 e. The van der Waals surface area contributed by atoms with Crippen molar-refractivity contribution < 1.29 is 9.59 Å². The van der Waals surface area contributed by atoms with Crippen LogP contribution in [0, 0.1) is 6.92 Å².